The predicted octanol–water partition coefficient (Wildman–Crippen LogP) is 2.07. The number of rotatable bonds is 2. The zero-order chi connectivity index (χ0) is 14.1. The summed E-state index contributed by atoms with van der Waals surface area (Å²) in [6, 6.07) is 2.17. The number of aromatic amines is 1. The van der Waals surface area contributed by atoms with E-state index in [2.05, 4.69) is 37.1 Å². The number of nitrogens with one attached hydrogen (secondary N) is 4. The topological polar surface area (TPSA) is 69.0 Å². The molecule has 2 bridgehead atoms. The van der Waals surface area contributed by atoms with Crippen molar-refractivity contribution in [2.75, 3.05) is 0 Å². The van der Waals surface area contributed by atoms with Crippen molar-refractivity contribution in [1.82, 2.24) is 21.2 Å². The van der Waals surface area contributed by atoms with Gasteiger partial charge in [-0.15, -0.1) is 0 Å². The van der Waals surface area contributed by atoms with Crippen LogP contribution in [-0.4, -0.2) is 22.0 Å². The Hall–Kier alpha value is -1.08. The van der Waals surface area contributed by atoms with Gasteiger partial charge in [0.2, 0.25) is 0 Å². The lowest BCUT2D eigenvalue weighted by molar-refractivity contribution is 0.0939. The van der Waals surface area contributed by atoms with Crippen LogP contribution in [0.25, 0.3) is 0 Å². The molecule has 2 fully saturated rings. The Kier molecular flexibility index (Phi) is 3.98. The minimum absolute atomic E-state index is 0.243. The summed E-state index contributed by atoms with van der Waals surface area (Å²) in [7, 11) is 0. The molecule has 0 radical (unpaired) electrons. The molecule has 1 heterocycles. The Morgan fingerprint density at radius 1 is 1.35 bits per heavy atom. The number of carbonyl (C=O) groups is 1. The van der Waals surface area contributed by atoms with Crippen LogP contribution in [0.2, 0.25) is 0 Å². The second-order valence-electron chi connectivity index (χ2n) is 5.57. The van der Waals surface area contributed by atoms with E-state index in [0.717, 1.165) is 16.3 Å². The van der Waals surface area contributed by atoms with Crippen molar-refractivity contribution in [3.8, 4) is 0 Å². The van der Waals surface area contributed by atoms with E-state index < -0.39 is 0 Å². The standard InChI is InChI=1S/C13H17BrN4OS/c14-9-5-11(15-6-9)12(19)17-18-13(20)16-10-4-7-1-2-8(10)3-7/h5-8,10,15H,1-4H2,(H,17,19)(H2,16,18,20). The normalized spacial score (nSPS) is 27.4. The zero-order valence-electron chi connectivity index (χ0n) is 10.9. The second kappa shape index (κ2) is 5.73. The second-order valence-corrected chi connectivity index (χ2v) is 6.89. The van der Waals surface area contributed by atoms with E-state index in [0.29, 0.717) is 16.8 Å². The van der Waals surface area contributed by atoms with E-state index >= 15 is 0 Å². The van der Waals surface area contributed by atoms with Crippen molar-refractivity contribution >= 4 is 39.2 Å². The Balaban J connectivity index is 1.44. The molecule has 108 valence electrons. The van der Waals surface area contributed by atoms with Gasteiger partial charge in [-0.05, 0) is 65.3 Å². The maximum Gasteiger partial charge on any atom is 0.286 e. The number of hydrogen-bond acceptors (Lipinski definition) is 2. The number of carbonyl (C=O) groups excluding carboxylic acids is 1. The fraction of sp³-hybridized carbons (Fsp3) is 0.538. The van der Waals surface area contributed by atoms with Gasteiger partial charge in [0, 0.05) is 16.7 Å². The molecular weight excluding hydrogens is 340 g/mol. The number of hydrogen-bond donors (Lipinski definition) is 4. The molecule has 5 nitrogen and oxygen atoms in total. The summed E-state index contributed by atoms with van der Waals surface area (Å²) in [4.78, 5) is 14.7. The van der Waals surface area contributed by atoms with Gasteiger partial charge >= 0.3 is 0 Å². The van der Waals surface area contributed by atoms with Crippen LogP contribution in [0.1, 0.15) is 36.2 Å². The lowest BCUT2D eigenvalue weighted by atomic mass is 9.96. The van der Waals surface area contributed by atoms with E-state index in [1.807, 2.05) is 0 Å². The van der Waals surface area contributed by atoms with Crippen LogP contribution < -0.4 is 16.2 Å². The molecule has 3 atom stereocenters. The maximum atomic E-state index is 11.8. The smallest absolute Gasteiger partial charge is 0.286 e. The van der Waals surface area contributed by atoms with E-state index in [1.165, 1.54) is 25.7 Å². The Labute approximate surface area is 131 Å². The Morgan fingerprint density at radius 3 is 2.80 bits per heavy atom. The van der Waals surface area contributed by atoms with Crippen molar-refractivity contribution in [2.24, 2.45) is 11.8 Å². The first kappa shape index (κ1) is 13.9. The molecule has 2 aliphatic rings. The van der Waals surface area contributed by atoms with Gasteiger partial charge in [0.1, 0.15) is 5.69 Å². The number of H-pyrrole nitrogens is 1. The minimum atomic E-state index is -0.243. The van der Waals surface area contributed by atoms with Crippen LogP contribution in [0.4, 0.5) is 0 Å². The van der Waals surface area contributed by atoms with Gasteiger partial charge in [0.25, 0.3) is 5.91 Å². The van der Waals surface area contributed by atoms with Gasteiger partial charge in [-0.1, -0.05) is 6.42 Å². The van der Waals surface area contributed by atoms with Crippen LogP contribution in [0.3, 0.4) is 0 Å². The van der Waals surface area contributed by atoms with Gasteiger partial charge in [-0.2, -0.15) is 0 Å². The molecular formula is C13H17BrN4OS. The average molecular weight is 357 g/mol. The third-order valence-corrected chi connectivity index (χ3v) is 4.91. The minimum Gasteiger partial charge on any atom is -0.358 e. The van der Waals surface area contributed by atoms with Crippen LogP contribution in [0.15, 0.2) is 16.7 Å². The third-order valence-electron chi connectivity index (χ3n) is 4.24. The summed E-state index contributed by atoms with van der Waals surface area (Å²) < 4.78 is 0.838. The van der Waals surface area contributed by atoms with E-state index in [9.17, 15) is 4.79 Å². The molecule has 7 heteroatoms. The summed E-state index contributed by atoms with van der Waals surface area (Å²) >= 11 is 8.51. The summed E-state index contributed by atoms with van der Waals surface area (Å²) in [6.07, 6.45) is 6.89. The van der Waals surface area contributed by atoms with Gasteiger partial charge in [-0.25, -0.2) is 0 Å². The van der Waals surface area contributed by atoms with Gasteiger partial charge in [-0.3, -0.25) is 15.6 Å². The van der Waals surface area contributed by atoms with Crippen LogP contribution in [0.5, 0.6) is 0 Å². The quantitative estimate of drug-likeness (QED) is 0.483. The first-order valence-corrected chi connectivity index (χ1v) is 8.02. The maximum absolute atomic E-state index is 11.8. The number of halogens is 1. The largest absolute Gasteiger partial charge is 0.358 e. The number of thiocarbonyl (C=S) groups is 1. The fourth-order valence-electron chi connectivity index (χ4n) is 3.31. The summed E-state index contributed by atoms with van der Waals surface area (Å²) in [5.41, 5.74) is 5.83. The zero-order valence-corrected chi connectivity index (χ0v) is 13.3. The van der Waals surface area contributed by atoms with Gasteiger partial charge < -0.3 is 10.3 Å². The highest BCUT2D eigenvalue weighted by atomic mass is 79.9. The fourth-order valence-corrected chi connectivity index (χ4v) is 3.85. The van der Waals surface area contributed by atoms with Crippen LogP contribution in [-0.2, 0) is 0 Å². The molecule has 3 unspecified atom stereocenters. The summed E-state index contributed by atoms with van der Waals surface area (Å²) in [6.45, 7) is 0. The molecule has 4 N–H and O–H groups in total. The number of amides is 1. The molecule has 1 amide bonds. The van der Waals surface area contributed by atoms with Crippen molar-refractivity contribution in [2.45, 2.75) is 31.7 Å². The van der Waals surface area contributed by atoms with Crippen molar-refractivity contribution in [1.29, 1.82) is 0 Å². The van der Waals surface area contributed by atoms with Crippen LogP contribution in [0, 0.1) is 11.8 Å². The molecule has 1 aromatic rings. The molecule has 1 aromatic heterocycles. The SMILES string of the molecule is O=C(NNC(=S)NC1CC2CCC1C2)c1cc(Br)c[nH]1. The molecule has 0 saturated heterocycles. The van der Waals surface area contributed by atoms with E-state index in [1.54, 1.807) is 12.3 Å². The predicted molar refractivity (Wildman–Crippen MR) is 84.1 cm³/mol. The first-order chi connectivity index (χ1) is 9.61. The monoisotopic (exact) mass is 356 g/mol. The number of aromatic nitrogens is 1. The molecule has 3 rings (SSSR count). The third kappa shape index (κ3) is 2.98. The highest BCUT2D eigenvalue weighted by Gasteiger charge is 2.39. The van der Waals surface area contributed by atoms with Crippen molar-refractivity contribution in [3.05, 3.63) is 22.4 Å². The van der Waals surface area contributed by atoms with E-state index in [4.69, 9.17) is 12.2 Å². The Bertz CT molecular complexity index is 532. The van der Waals surface area contributed by atoms with Crippen molar-refractivity contribution in [3.63, 3.8) is 0 Å². The lowest BCUT2D eigenvalue weighted by Crippen LogP contribution is -2.50. The molecule has 2 aliphatic carbocycles. The van der Waals surface area contributed by atoms with Gasteiger partial charge in [0.05, 0.1) is 0 Å². The highest BCUT2D eigenvalue weighted by Crippen LogP contribution is 2.44. The van der Waals surface area contributed by atoms with Gasteiger partial charge in [0.15, 0.2) is 5.11 Å². The highest BCUT2D eigenvalue weighted by molar-refractivity contribution is 9.10. The number of fused-ring (bicyclic) bond motifs is 2. The molecule has 0 aliphatic heterocycles. The lowest BCUT2D eigenvalue weighted by Gasteiger charge is -2.24. The Morgan fingerprint density at radius 2 is 2.20 bits per heavy atom. The average Bonchev–Trinajstić information content (AvgIpc) is 3.12. The van der Waals surface area contributed by atoms with Crippen molar-refractivity contribution < 1.29 is 4.79 Å². The van der Waals surface area contributed by atoms with Crippen LogP contribution >= 0.6 is 28.1 Å². The molecule has 0 aromatic carbocycles. The van der Waals surface area contributed by atoms with E-state index in [-0.39, 0.29) is 5.91 Å². The first-order valence-electron chi connectivity index (χ1n) is 6.82. The molecule has 2 saturated carbocycles. The summed E-state index contributed by atoms with van der Waals surface area (Å²) in [5, 5.41) is 3.80. The molecule has 0 spiro atoms. The number of hydrazine groups is 1. The summed E-state index contributed by atoms with van der Waals surface area (Å²) in [5.74, 6) is 1.37. The molecule has 20 heavy (non-hydrogen) atoms.